The van der Waals surface area contributed by atoms with Gasteiger partial charge in [-0.3, -0.25) is 10.1 Å². The van der Waals surface area contributed by atoms with Crippen LogP contribution in [0.2, 0.25) is 5.02 Å². The molecule has 1 saturated heterocycles. The highest BCUT2D eigenvalue weighted by Gasteiger charge is 2.48. The SMILES string of the molecule is CCCCCCCCCCCCCCCCN1C(SCc2c(F)cccc2Cl)=NC2C1C(=O)NC(=O)N2C. The smallest absolute Gasteiger partial charge is 0.325 e. The molecular formula is C29H44ClFN4O2S. The fraction of sp³-hybridized carbons (Fsp3) is 0.690. The second-order valence-corrected chi connectivity index (χ2v) is 11.8. The van der Waals surface area contributed by atoms with Gasteiger partial charge in [-0.25, -0.2) is 14.2 Å². The quantitative estimate of drug-likeness (QED) is 0.196. The Kier molecular flexibility index (Phi) is 13.2. The summed E-state index contributed by atoms with van der Waals surface area (Å²) < 4.78 is 14.3. The predicted molar refractivity (Wildman–Crippen MR) is 156 cm³/mol. The molecule has 2 aliphatic heterocycles. The molecule has 1 aromatic carbocycles. The van der Waals surface area contributed by atoms with Crippen molar-refractivity contribution >= 4 is 40.5 Å². The number of urea groups is 1. The van der Waals surface area contributed by atoms with E-state index in [4.69, 9.17) is 16.6 Å². The molecule has 0 aromatic heterocycles. The molecule has 0 radical (unpaired) electrons. The maximum atomic E-state index is 14.3. The van der Waals surface area contributed by atoms with Crippen LogP contribution in [0.3, 0.4) is 0 Å². The van der Waals surface area contributed by atoms with Crippen LogP contribution in [-0.2, 0) is 10.5 Å². The minimum absolute atomic E-state index is 0.304. The van der Waals surface area contributed by atoms with Gasteiger partial charge < -0.3 is 9.80 Å². The average molecular weight is 567 g/mol. The number of unbranched alkanes of at least 4 members (excludes halogenated alkanes) is 13. The number of thioether (sulfide) groups is 1. The highest BCUT2D eigenvalue weighted by Crippen LogP contribution is 2.32. The molecule has 2 atom stereocenters. The number of halogens is 2. The number of rotatable bonds is 17. The first-order valence-electron chi connectivity index (χ1n) is 14.4. The Morgan fingerprint density at radius 1 is 0.947 bits per heavy atom. The fourth-order valence-corrected chi connectivity index (χ4v) is 6.57. The van der Waals surface area contributed by atoms with Gasteiger partial charge in [0.25, 0.3) is 5.91 Å². The number of nitrogens with one attached hydrogen (secondary N) is 1. The summed E-state index contributed by atoms with van der Waals surface area (Å²) in [7, 11) is 1.65. The molecule has 3 amide bonds. The highest BCUT2D eigenvalue weighted by atomic mass is 35.5. The van der Waals surface area contributed by atoms with Crippen LogP contribution in [0.5, 0.6) is 0 Å². The van der Waals surface area contributed by atoms with Crippen molar-refractivity contribution < 1.29 is 14.0 Å². The lowest BCUT2D eigenvalue weighted by molar-refractivity contribution is -0.127. The molecule has 9 heteroatoms. The van der Waals surface area contributed by atoms with E-state index in [1.54, 1.807) is 19.2 Å². The molecule has 0 bridgehead atoms. The molecule has 2 unspecified atom stereocenters. The van der Waals surface area contributed by atoms with E-state index in [9.17, 15) is 14.0 Å². The molecule has 1 fully saturated rings. The summed E-state index contributed by atoms with van der Waals surface area (Å²) in [5.74, 6) is -0.380. The Morgan fingerprint density at radius 3 is 2.11 bits per heavy atom. The standard InChI is InChI=1S/C29H44ClFN4O2S/c1-3-4-5-6-7-8-9-10-11-12-13-14-15-16-20-35-25-26(34(2)28(37)33-27(25)36)32-29(35)38-21-22-23(30)18-17-19-24(22)31/h17-19,25-26H,3-16,20-21H2,1-2H3,(H,33,36,37). The molecule has 2 heterocycles. The normalized spacial score (nSPS) is 19.1. The third-order valence-electron chi connectivity index (χ3n) is 7.48. The second-order valence-electron chi connectivity index (χ2n) is 10.5. The minimum Gasteiger partial charge on any atom is -0.336 e. The topological polar surface area (TPSA) is 65.0 Å². The van der Waals surface area contributed by atoms with Crippen molar-refractivity contribution in [3.8, 4) is 0 Å². The zero-order chi connectivity index (χ0) is 27.3. The van der Waals surface area contributed by atoms with Crippen molar-refractivity contribution in [2.45, 2.75) is 115 Å². The first-order chi connectivity index (χ1) is 18.4. The first kappa shape index (κ1) is 30.7. The largest absolute Gasteiger partial charge is 0.336 e. The molecule has 0 saturated carbocycles. The number of amides is 3. The molecule has 3 rings (SSSR count). The molecule has 38 heavy (non-hydrogen) atoms. The molecule has 1 N–H and O–H groups in total. The summed E-state index contributed by atoms with van der Waals surface area (Å²) in [6, 6.07) is 3.64. The third kappa shape index (κ3) is 8.87. The Bertz CT molecular complexity index is 927. The van der Waals surface area contributed by atoms with Crippen LogP contribution in [0.4, 0.5) is 9.18 Å². The number of fused-ring (bicyclic) bond motifs is 1. The summed E-state index contributed by atoms with van der Waals surface area (Å²) >= 11 is 7.58. The van der Waals surface area contributed by atoms with E-state index < -0.39 is 18.2 Å². The van der Waals surface area contributed by atoms with E-state index in [1.807, 2.05) is 4.90 Å². The van der Waals surface area contributed by atoms with Crippen LogP contribution < -0.4 is 5.32 Å². The number of nitrogens with zero attached hydrogens (tertiary/aromatic N) is 3. The van der Waals surface area contributed by atoms with Crippen molar-refractivity contribution in [2.75, 3.05) is 13.6 Å². The average Bonchev–Trinajstić information content (AvgIpc) is 3.26. The lowest BCUT2D eigenvalue weighted by Crippen LogP contribution is -2.63. The van der Waals surface area contributed by atoms with E-state index >= 15 is 0 Å². The van der Waals surface area contributed by atoms with Gasteiger partial charge in [0.2, 0.25) is 0 Å². The molecule has 6 nitrogen and oxygen atoms in total. The number of hydrogen-bond acceptors (Lipinski definition) is 5. The van der Waals surface area contributed by atoms with Gasteiger partial charge in [-0.15, -0.1) is 0 Å². The molecule has 1 aromatic rings. The Labute approximate surface area is 237 Å². The number of benzene rings is 1. The number of imide groups is 1. The van der Waals surface area contributed by atoms with Gasteiger partial charge in [0.15, 0.2) is 17.4 Å². The Balaban J connectivity index is 1.41. The first-order valence-corrected chi connectivity index (χ1v) is 15.8. The predicted octanol–water partition coefficient (Wildman–Crippen LogP) is 7.74. The molecule has 0 spiro atoms. The number of hydrogen-bond donors (Lipinski definition) is 1. The molecule has 0 aliphatic carbocycles. The van der Waals surface area contributed by atoms with Crippen LogP contribution >= 0.6 is 23.4 Å². The van der Waals surface area contributed by atoms with Crippen molar-refractivity contribution in [3.63, 3.8) is 0 Å². The second kappa shape index (κ2) is 16.3. The number of likely N-dealkylation sites (N-methyl/N-ethyl adjacent to an activating group) is 1. The maximum Gasteiger partial charge on any atom is 0.325 e. The van der Waals surface area contributed by atoms with Gasteiger partial charge in [0.1, 0.15) is 5.82 Å². The monoisotopic (exact) mass is 566 g/mol. The van der Waals surface area contributed by atoms with Crippen molar-refractivity contribution in [1.82, 2.24) is 15.1 Å². The van der Waals surface area contributed by atoms with Crippen LogP contribution in [0.25, 0.3) is 0 Å². The lowest BCUT2D eigenvalue weighted by atomic mass is 10.0. The van der Waals surface area contributed by atoms with Gasteiger partial charge in [0, 0.05) is 29.9 Å². The summed E-state index contributed by atoms with van der Waals surface area (Å²) in [5, 5.41) is 3.47. The molecular weight excluding hydrogens is 523 g/mol. The van der Waals surface area contributed by atoms with Crippen LogP contribution in [0, 0.1) is 5.82 Å². The Morgan fingerprint density at radius 2 is 1.53 bits per heavy atom. The summed E-state index contributed by atoms with van der Waals surface area (Å²) in [4.78, 5) is 33.1. The van der Waals surface area contributed by atoms with Crippen molar-refractivity contribution in [2.24, 2.45) is 4.99 Å². The third-order valence-corrected chi connectivity index (χ3v) is 8.87. The van der Waals surface area contributed by atoms with Crippen LogP contribution in [0.15, 0.2) is 23.2 Å². The molecule has 212 valence electrons. The Hall–Kier alpha value is -1.80. The van der Waals surface area contributed by atoms with E-state index in [2.05, 4.69) is 12.2 Å². The zero-order valence-corrected chi connectivity index (χ0v) is 24.6. The van der Waals surface area contributed by atoms with Gasteiger partial charge in [-0.1, -0.05) is 120 Å². The van der Waals surface area contributed by atoms with E-state index in [1.165, 1.54) is 99.8 Å². The zero-order valence-electron chi connectivity index (χ0n) is 23.0. The van der Waals surface area contributed by atoms with E-state index in [0.717, 1.165) is 12.8 Å². The number of carbonyl (C=O) groups is 2. The van der Waals surface area contributed by atoms with E-state index in [0.29, 0.717) is 28.1 Å². The van der Waals surface area contributed by atoms with Crippen molar-refractivity contribution in [1.29, 1.82) is 0 Å². The van der Waals surface area contributed by atoms with E-state index in [-0.39, 0.29) is 11.7 Å². The number of carbonyl (C=O) groups excluding carboxylic acids is 2. The van der Waals surface area contributed by atoms with Crippen LogP contribution in [-0.4, -0.2) is 52.7 Å². The van der Waals surface area contributed by atoms with Gasteiger partial charge in [-0.05, 0) is 18.6 Å². The number of aliphatic imine (C=N–C) groups is 1. The molecule has 2 aliphatic rings. The summed E-state index contributed by atoms with van der Waals surface area (Å²) in [5.41, 5.74) is 0.419. The van der Waals surface area contributed by atoms with Gasteiger partial charge >= 0.3 is 6.03 Å². The van der Waals surface area contributed by atoms with Crippen molar-refractivity contribution in [3.05, 3.63) is 34.6 Å². The van der Waals surface area contributed by atoms with Gasteiger partial charge in [-0.2, -0.15) is 0 Å². The summed E-state index contributed by atoms with van der Waals surface area (Å²) in [6.07, 6.45) is 17.4. The fourth-order valence-electron chi connectivity index (χ4n) is 5.14. The maximum absolute atomic E-state index is 14.3. The summed E-state index contributed by atoms with van der Waals surface area (Å²) in [6.45, 7) is 2.93. The van der Waals surface area contributed by atoms with Crippen LogP contribution in [0.1, 0.15) is 102 Å². The number of amidine groups is 1. The van der Waals surface area contributed by atoms with Gasteiger partial charge in [0.05, 0.1) is 0 Å². The minimum atomic E-state index is -0.568. The lowest BCUT2D eigenvalue weighted by Gasteiger charge is -2.36. The highest BCUT2D eigenvalue weighted by molar-refractivity contribution is 8.13.